The van der Waals surface area contributed by atoms with E-state index in [9.17, 15) is 9.59 Å². The molecule has 0 radical (unpaired) electrons. The summed E-state index contributed by atoms with van der Waals surface area (Å²) in [4.78, 5) is 30.4. The zero-order valence-electron chi connectivity index (χ0n) is 16.4. The SMILES string of the molecule is O=C(NCCN1CCCC1=O)c1ccc2oc(CCCc3ccccc3)nc2c1. The highest BCUT2D eigenvalue weighted by Gasteiger charge is 2.19. The van der Waals surface area contributed by atoms with E-state index in [0.29, 0.717) is 42.1 Å². The van der Waals surface area contributed by atoms with Crippen LogP contribution in [0.15, 0.2) is 52.9 Å². The molecule has 0 saturated carbocycles. The Morgan fingerprint density at radius 3 is 2.79 bits per heavy atom. The molecule has 1 saturated heterocycles. The largest absolute Gasteiger partial charge is 0.441 e. The Morgan fingerprint density at radius 2 is 2.00 bits per heavy atom. The molecular weight excluding hydrogens is 366 g/mol. The number of nitrogens with zero attached hydrogens (tertiary/aromatic N) is 2. The van der Waals surface area contributed by atoms with Crippen LogP contribution in [0.3, 0.4) is 0 Å². The number of rotatable bonds is 8. The fraction of sp³-hybridized carbons (Fsp3) is 0.348. The van der Waals surface area contributed by atoms with Crippen molar-refractivity contribution in [3.63, 3.8) is 0 Å². The topological polar surface area (TPSA) is 75.4 Å². The quantitative estimate of drug-likeness (QED) is 0.639. The molecule has 1 aliphatic rings. The molecule has 0 aliphatic carbocycles. The second-order valence-corrected chi connectivity index (χ2v) is 7.37. The van der Waals surface area contributed by atoms with E-state index in [-0.39, 0.29) is 11.8 Å². The van der Waals surface area contributed by atoms with Gasteiger partial charge in [0.25, 0.3) is 5.91 Å². The lowest BCUT2D eigenvalue weighted by Gasteiger charge is -2.15. The van der Waals surface area contributed by atoms with E-state index >= 15 is 0 Å². The van der Waals surface area contributed by atoms with Gasteiger partial charge in [0.1, 0.15) is 5.52 Å². The van der Waals surface area contributed by atoms with Crippen molar-refractivity contribution in [1.29, 1.82) is 0 Å². The number of hydrogen-bond donors (Lipinski definition) is 1. The van der Waals surface area contributed by atoms with Crippen LogP contribution in [0.5, 0.6) is 0 Å². The predicted molar refractivity (Wildman–Crippen MR) is 111 cm³/mol. The van der Waals surface area contributed by atoms with Crippen molar-refractivity contribution in [1.82, 2.24) is 15.2 Å². The zero-order valence-corrected chi connectivity index (χ0v) is 16.4. The number of fused-ring (bicyclic) bond motifs is 1. The van der Waals surface area contributed by atoms with Crippen LogP contribution in [0.4, 0.5) is 0 Å². The van der Waals surface area contributed by atoms with Crippen LogP contribution in [0.1, 0.15) is 41.1 Å². The van der Waals surface area contributed by atoms with E-state index in [2.05, 4.69) is 22.4 Å². The van der Waals surface area contributed by atoms with Crippen molar-refractivity contribution in [2.24, 2.45) is 0 Å². The van der Waals surface area contributed by atoms with Gasteiger partial charge in [0.2, 0.25) is 5.91 Å². The van der Waals surface area contributed by atoms with Gasteiger partial charge in [-0.1, -0.05) is 30.3 Å². The first-order valence-electron chi connectivity index (χ1n) is 10.2. The summed E-state index contributed by atoms with van der Waals surface area (Å²) >= 11 is 0. The Balaban J connectivity index is 1.31. The average Bonchev–Trinajstić information content (AvgIpc) is 3.33. The van der Waals surface area contributed by atoms with Gasteiger partial charge < -0.3 is 14.6 Å². The third-order valence-corrected chi connectivity index (χ3v) is 5.23. The second kappa shape index (κ2) is 8.90. The summed E-state index contributed by atoms with van der Waals surface area (Å²) in [5, 5.41) is 2.88. The van der Waals surface area contributed by atoms with Crippen molar-refractivity contribution in [2.45, 2.75) is 32.1 Å². The van der Waals surface area contributed by atoms with E-state index in [0.717, 1.165) is 32.2 Å². The molecule has 150 valence electrons. The molecule has 2 heterocycles. The minimum absolute atomic E-state index is 0.160. The Labute approximate surface area is 169 Å². The summed E-state index contributed by atoms with van der Waals surface area (Å²) in [6, 6.07) is 15.7. The van der Waals surface area contributed by atoms with Gasteiger partial charge in [0, 0.05) is 38.0 Å². The number of carbonyl (C=O) groups excluding carboxylic acids is 2. The smallest absolute Gasteiger partial charge is 0.251 e. The van der Waals surface area contributed by atoms with Crippen molar-refractivity contribution >= 4 is 22.9 Å². The van der Waals surface area contributed by atoms with Crippen LogP contribution in [0.25, 0.3) is 11.1 Å². The minimum atomic E-state index is -0.160. The molecular formula is C23H25N3O3. The first-order valence-corrected chi connectivity index (χ1v) is 10.2. The first-order chi connectivity index (χ1) is 14.2. The Morgan fingerprint density at radius 1 is 1.14 bits per heavy atom. The Hall–Kier alpha value is -3.15. The Bertz CT molecular complexity index is 997. The Kier molecular flexibility index (Phi) is 5.89. The summed E-state index contributed by atoms with van der Waals surface area (Å²) in [6.07, 6.45) is 4.22. The lowest BCUT2D eigenvalue weighted by molar-refractivity contribution is -0.127. The van der Waals surface area contributed by atoms with Crippen molar-refractivity contribution in [2.75, 3.05) is 19.6 Å². The third kappa shape index (κ3) is 4.83. The highest BCUT2D eigenvalue weighted by molar-refractivity contribution is 5.97. The number of carbonyl (C=O) groups is 2. The number of benzene rings is 2. The normalized spacial score (nSPS) is 13.9. The number of aromatic nitrogens is 1. The third-order valence-electron chi connectivity index (χ3n) is 5.23. The van der Waals surface area contributed by atoms with Gasteiger partial charge >= 0.3 is 0 Å². The molecule has 6 nitrogen and oxygen atoms in total. The maximum atomic E-state index is 12.4. The molecule has 0 atom stereocenters. The predicted octanol–water partition coefficient (Wildman–Crippen LogP) is 3.36. The summed E-state index contributed by atoms with van der Waals surface area (Å²) in [5.74, 6) is 0.705. The minimum Gasteiger partial charge on any atom is -0.441 e. The maximum absolute atomic E-state index is 12.4. The van der Waals surface area contributed by atoms with Crippen LogP contribution in [-0.4, -0.2) is 41.3 Å². The van der Waals surface area contributed by atoms with Gasteiger partial charge in [-0.2, -0.15) is 0 Å². The molecule has 0 bridgehead atoms. The van der Waals surface area contributed by atoms with Crippen LogP contribution < -0.4 is 5.32 Å². The summed E-state index contributed by atoms with van der Waals surface area (Å²) in [5.41, 5.74) is 3.24. The standard InChI is InChI=1S/C23H25N3O3/c27-22-10-5-14-26(22)15-13-24-23(28)18-11-12-20-19(16-18)25-21(29-20)9-4-8-17-6-2-1-3-7-17/h1-3,6-7,11-12,16H,4-5,8-10,13-15H2,(H,24,28). The van der Waals surface area contributed by atoms with Crippen LogP contribution in [-0.2, 0) is 17.6 Å². The van der Waals surface area contributed by atoms with Gasteiger partial charge in [-0.25, -0.2) is 4.98 Å². The molecule has 2 amide bonds. The molecule has 3 aromatic rings. The lowest BCUT2D eigenvalue weighted by atomic mass is 10.1. The number of likely N-dealkylation sites (tertiary alicyclic amines) is 1. The average molecular weight is 391 g/mol. The highest BCUT2D eigenvalue weighted by atomic mass is 16.3. The van der Waals surface area contributed by atoms with Gasteiger partial charge in [0.15, 0.2) is 11.5 Å². The highest BCUT2D eigenvalue weighted by Crippen LogP contribution is 2.19. The molecule has 1 N–H and O–H groups in total. The van der Waals surface area contributed by atoms with Crippen LogP contribution in [0, 0.1) is 0 Å². The van der Waals surface area contributed by atoms with Crippen molar-refractivity contribution < 1.29 is 14.0 Å². The number of oxazole rings is 1. The molecule has 2 aromatic carbocycles. The first kappa shape index (κ1) is 19.2. The van der Waals surface area contributed by atoms with E-state index < -0.39 is 0 Å². The van der Waals surface area contributed by atoms with Gasteiger partial charge in [0.05, 0.1) is 0 Å². The van der Waals surface area contributed by atoms with Crippen LogP contribution in [0.2, 0.25) is 0 Å². The number of nitrogens with one attached hydrogen (secondary N) is 1. The van der Waals surface area contributed by atoms with Crippen molar-refractivity contribution in [3.05, 3.63) is 65.5 Å². The van der Waals surface area contributed by atoms with Gasteiger partial charge in [-0.3, -0.25) is 9.59 Å². The lowest BCUT2D eigenvalue weighted by Crippen LogP contribution is -2.35. The summed E-state index contributed by atoms with van der Waals surface area (Å²) < 4.78 is 5.81. The van der Waals surface area contributed by atoms with E-state index in [1.807, 2.05) is 18.2 Å². The second-order valence-electron chi connectivity index (χ2n) is 7.37. The van der Waals surface area contributed by atoms with E-state index in [4.69, 9.17) is 4.42 Å². The zero-order chi connectivity index (χ0) is 20.1. The summed E-state index contributed by atoms with van der Waals surface area (Å²) in [7, 11) is 0. The van der Waals surface area contributed by atoms with Gasteiger partial charge in [-0.05, 0) is 43.0 Å². The van der Waals surface area contributed by atoms with Crippen molar-refractivity contribution in [3.8, 4) is 0 Å². The molecule has 1 fully saturated rings. The molecule has 29 heavy (non-hydrogen) atoms. The molecule has 0 unspecified atom stereocenters. The van der Waals surface area contributed by atoms with Gasteiger partial charge in [-0.15, -0.1) is 0 Å². The summed E-state index contributed by atoms with van der Waals surface area (Å²) in [6.45, 7) is 1.79. The molecule has 0 spiro atoms. The number of hydrogen-bond acceptors (Lipinski definition) is 4. The van der Waals surface area contributed by atoms with E-state index in [1.54, 1.807) is 23.1 Å². The molecule has 1 aliphatic heterocycles. The maximum Gasteiger partial charge on any atom is 0.251 e. The fourth-order valence-electron chi connectivity index (χ4n) is 3.66. The molecule has 6 heteroatoms. The fourth-order valence-corrected chi connectivity index (χ4v) is 3.66. The number of aryl methyl sites for hydroxylation is 2. The number of amides is 2. The van der Waals surface area contributed by atoms with Crippen LogP contribution >= 0.6 is 0 Å². The monoisotopic (exact) mass is 391 g/mol. The molecule has 1 aromatic heterocycles. The molecule has 4 rings (SSSR count). The van der Waals surface area contributed by atoms with E-state index in [1.165, 1.54) is 5.56 Å².